The number of aromatic nitrogens is 1. The molecule has 4 nitrogen and oxygen atoms in total. The van der Waals surface area contributed by atoms with Crippen LogP contribution in [0.4, 0.5) is 0 Å². The first-order valence-corrected chi connectivity index (χ1v) is 8.10. The summed E-state index contributed by atoms with van der Waals surface area (Å²) < 4.78 is 5.28. The molecule has 2 unspecified atom stereocenters. The van der Waals surface area contributed by atoms with Gasteiger partial charge in [0.05, 0.1) is 19.4 Å². The lowest BCUT2D eigenvalue weighted by Crippen LogP contribution is -2.27. The van der Waals surface area contributed by atoms with Gasteiger partial charge in [0.2, 0.25) is 5.88 Å². The SMILES string of the molecule is COc1cccc(C23CN(Cc4ccccc4)CC2(CO)C3)n1. The maximum atomic E-state index is 10.0. The largest absolute Gasteiger partial charge is 0.481 e. The van der Waals surface area contributed by atoms with Crippen molar-refractivity contribution in [3.8, 4) is 5.88 Å². The number of likely N-dealkylation sites (tertiary alicyclic amines) is 1. The van der Waals surface area contributed by atoms with Crippen molar-refractivity contribution in [1.29, 1.82) is 0 Å². The van der Waals surface area contributed by atoms with Crippen LogP contribution in [0.15, 0.2) is 48.5 Å². The number of hydrogen-bond donors (Lipinski definition) is 1. The highest BCUT2D eigenvalue weighted by Gasteiger charge is 2.73. The lowest BCUT2D eigenvalue weighted by atomic mass is 9.93. The van der Waals surface area contributed by atoms with E-state index in [4.69, 9.17) is 4.74 Å². The van der Waals surface area contributed by atoms with E-state index in [-0.39, 0.29) is 17.4 Å². The summed E-state index contributed by atoms with van der Waals surface area (Å²) in [5.41, 5.74) is 2.31. The molecule has 1 N–H and O–H groups in total. The Hall–Kier alpha value is -1.91. The minimum atomic E-state index is -0.0405. The monoisotopic (exact) mass is 310 g/mol. The summed E-state index contributed by atoms with van der Waals surface area (Å²) >= 11 is 0. The number of piperidine rings is 1. The number of benzene rings is 1. The van der Waals surface area contributed by atoms with Crippen molar-refractivity contribution in [3.63, 3.8) is 0 Å². The molecule has 1 aromatic carbocycles. The van der Waals surface area contributed by atoms with Gasteiger partial charge in [-0.1, -0.05) is 36.4 Å². The summed E-state index contributed by atoms with van der Waals surface area (Å²) in [6, 6.07) is 16.5. The van der Waals surface area contributed by atoms with Gasteiger partial charge in [-0.15, -0.1) is 0 Å². The first-order chi connectivity index (χ1) is 11.2. The Morgan fingerprint density at radius 3 is 2.70 bits per heavy atom. The standard InChI is InChI=1S/C19H22N2O2/c1-23-17-9-5-8-16(20-17)19-11-18(19,14-22)12-21(13-19)10-15-6-3-2-4-7-15/h2-9,22H,10-14H2,1H3. The second-order valence-corrected chi connectivity index (χ2v) is 6.89. The summed E-state index contributed by atoms with van der Waals surface area (Å²) in [5.74, 6) is 0.650. The highest BCUT2D eigenvalue weighted by Crippen LogP contribution is 2.68. The third-order valence-corrected chi connectivity index (χ3v) is 5.52. The van der Waals surface area contributed by atoms with Crippen molar-refractivity contribution >= 4 is 0 Å². The third-order valence-electron chi connectivity index (χ3n) is 5.52. The number of nitrogens with zero attached hydrogens (tertiary/aromatic N) is 2. The van der Waals surface area contributed by atoms with Gasteiger partial charge in [-0.2, -0.15) is 0 Å². The molecule has 4 rings (SSSR count). The Bertz CT molecular complexity index is 706. The number of ether oxygens (including phenoxy) is 1. The predicted octanol–water partition coefficient (Wildman–Crippen LogP) is 2.23. The molecule has 1 aromatic heterocycles. The molecule has 2 aliphatic rings. The van der Waals surface area contributed by atoms with E-state index in [1.807, 2.05) is 18.2 Å². The Labute approximate surface area is 136 Å². The second-order valence-electron chi connectivity index (χ2n) is 6.89. The van der Waals surface area contributed by atoms with Crippen LogP contribution in [0, 0.1) is 5.41 Å². The Kier molecular flexibility index (Phi) is 3.39. The summed E-state index contributed by atoms with van der Waals surface area (Å²) in [7, 11) is 1.65. The van der Waals surface area contributed by atoms with E-state index in [0.717, 1.165) is 31.7 Å². The van der Waals surface area contributed by atoms with Gasteiger partial charge in [-0.05, 0) is 18.1 Å². The van der Waals surface area contributed by atoms with Crippen molar-refractivity contribution in [3.05, 3.63) is 59.8 Å². The second kappa shape index (κ2) is 5.32. The first kappa shape index (κ1) is 14.7. The molecular formula is C19H22N2O2. The van der Waals surface area contributed by atoms with E-state index in [2.05, 4.69) is 40.2 Å². The Morgan fingerprint density at radius 2 is 1.96 bits per heavy atom. The van der Waals surface area contributed by atoms with Crippen LogP contribution in [0.1, 0.15) is 17.7 Å². The normalized spacial score (nSPS) is 29.3. The van der Waals surface area contributed by atoms with Crippen LogP contribution in [0.25, 0.3) is 0 Å². The van der Waals surface area contributed by atoms with E-state index in [0.29, 0.717) is 5.88 Å². The van der Waals surface area contributed by atoms with E-state index >= 15 is 0 Å². The number of methoxy groups -OCH3 is 1. The zero-order chi connectivity index (χ0) is 15.9. The fourth-order valence-electron chi connectivity index (χ4n) is 4.28. The van der Waals surface area contributed by atoms with Gasteiger partial charge in [-0.25, -0.2) is 4.98 Å². The van der Waals surface area contributed by atoms with E-state index in [1.165, 1.54) is 5.56 Å². The number of aliphatic hydroxyl groups excluding tert-OH is 1. The molecule has 2 heterocycles. The Morgan fingerprint density at radius 1 is 1.13 bits per heavy atom. The van der Waals surface area contributed by atoms with Crippen LogP contribution >= 0.6 is 0 Å². The lowest BCUT2D eigenvalue weighted by molar-refractivity contribution is 0.183. The number of aliphatic hydroxyl groups is 1. The minimum absolute atomic E-state index is 0.0227. The predicted molar refractivity (Wildman–Crippen MR) is 88.3 cm³/mol. The lowest BCUT2D eigenvalue weighted by Gasteiger charge is -2.20. The van der Waals surface area contributed by atoms with Crippen LogP contribution in [0.2, 0.25) is 0 Å². The minimum Gasteiger partial charge on any atom is -0.481 e. The molecule has 2 atom stereocenters. The fourth-order valence-corrected chi connectivity index (χ4v) is 4.28. The smallest absolute Gasteiger partial charge is 0.213 e. The number of pyridine rings is 1. The average molecular weight is 310 g/mol. The fraction of sp³-hybridized carbons (Fsp3) is 0.421. The van der Waals surface area contributed by atoms with E-state index in [9.17, 15) is 5.11 Å². The molecule has 1 aliphatic heterocycles. The highest BCUT2D eigenvalue weighted by molar-refractivity contribution is 5.40. The molecule has 0 amide bonds. The molecule has 0 bridgehead atoms. The summed E-state index contributed by atoms with van der Waals surface area (Å²) in [6.07, 6.45) is 1.02. The third kappa shape index (κ3) is 2.25. The van der Waals surface area contributed by atoms with Gasteiger partial charge < -0.3 is 9.84 Å². The molecule has 4 heteroatoms. The molecule has 0 radical (unpaired) electrons. The van der Waals surface area contributed by atoms with Crippen molar-refractivity contribution in [2.24, 2.45) is 5.41 Å². The highest BCUT2D eigenvalue weighted by atomic mass is 16.5. The van der Waals surface area contributed by atoms with Gasteiger partial charge in [0.15, 0.2) is 0 Å². The van der Waals surface area contributed by atoms with Crippen molar-refractivity contribution in [2.45, 2.75) is 18.4 Å². The summed E-state index contributed by atoms with van der Waals surface area (Å²) in [4.78, 5) is 7.10. The molecule has 2 aromatic rings. The van der Waals surface area contributed by atoms with E-state index in [1.54, 1.807) is 7.11 Å². The van der Waals surface area contributed by atoms with Gasteiger partial charge in [0.25, 0.3) is 0 Å². The zero-order valence-corrected chi connectivity index (χ0v) is 13.4. The summed E-state index contributed by atoms with van der Waals surface area (Å²) in [6.45, 7) is 3.02. The van der Waals surface area contributed by atoms with Gasteiger partial charge in [0, 0.05) is 36.5 Å². The molecule has 1 aliphatic carbocycles. The first-order valence-electron chi connectivity index (χ1n) is 8.10. The van der Waals surface area contributed by atoms with Gasteiger partial charge >= 0.3 is 0 Å². The Balaban J connectivity index is 1.59. The molecule has 1 saturated carbocycles. The topological polar surface area (TPSA) is 45.6 Å². The van der Waals surface area contributed by atoms with E-state index < -0.39 is 0 Å². The zero-order valence-electron chi connectivity index (χ0n) is 13.4. The van der Waals surface area contributed by atoms with Crippen molar-refractivity contribution in [1.82, 2.24) is 9.88 Å². The quantitative estimate of drug-likeness (QED) is 0.920. The summed E-state index contributed by atoms with van der Waals surface area (Å²) in [5, 5.41) is 10.0. The molecule has 120 valence electrons. The number of fused-ring (bicyclic) bond motifs is 1. The molecule has 23 heavy (non-hydrogen) atoms. The van der Waals surface area contributed by atoms with Gasteiger partial charge in [0.1, 0.15) is 0 Å². The van der Waals surface area contributed by atoms with Crippen LogP contribution in [0.5, 0.6) is 5.88 Å². The van der Waals surface area contributed by atoms with Crippen LogP contribution in [-0.4, -0.2) is 41.8 Å². The van der Waals surface area contributed by atoms with Crippen LogP contribution in [-0.2, 0) is 12.0 Å². The maximum absolute atomic E-state index is 10.0. The number of rotatable bonds is 5. The molecule has 0 spiro atoms. The number of hydrogen-bond acceptors (Lipinski definition) is 4. The molecule has 2 fully saturated rings. The molecular weight excluding hydrogens is 288 g/mol. The van der Waals surface area contributed by atoms with Crippen LogP contribution in [0.3, 0.4) is 0 Å². The van der Waals surface area contributed by atoms with Crippen molar-refractivity contribution in [2.75, 3.05) is 26.8 Å². The average Bonchev–Trinajstić information content (AvgIpc) is 3.13. The van der Waals surface area contributed by atoms with Gasteiger partial charge in [-0.3, -0.25) is 4.90 Å². The van der Waals surface area contributed by atoms with Crippen LogP contribution < -0.4 is 4.74 Å². The maximum Gasteiger partial charge on any atom is 0.213 e. The van der Waals surface area contributed by atoms with Crippen molar-refractivity contribution < 1.29 is 9.84 Å². The molecule has 1 saturated heterocycles.